The van der Waals surface area contributed by atoms with Crippen LogP contribution < -0.4 is 10.2 Å². The smallest absolute Gasteiger partial charge is 0.229 e. The second-order valence-electron chi connectivity index (χ2n) is 7.65. The molecule has 1 aromatic carbocycles. The number of amides is 1. The Balaban J connectivity index is 1.66. The van der Waals surface area contributed by atoms with E-state index in [1.54, 1.807) is 0 Å². The van der Waals surface area contributed by atoms with Crippen LogP contribution in [0, 0.1) is 19.8 Å². The SMILES string of the molecule is Cc1ccc(Nc2nc(C)cc(N3CCN(C(=O)CC(C)C)CC3)n2)cc1. The van der Waals surface area contributed by atoms with Crippen molar-refractivity contribution >= 4 is 23.4 Å². The number of aryl methyl sites for hydroxylation is 2. The molecular weight excluding hydrogens is 338 g/mol. The molecule has 0 spiro atoms. The summed E-state index contributed by atoms with van der Waals surface area (Å²) in [5, 5.41) is 3.29. The van der Waals surface area contributed by atoms with E-state index in [1.165, 1.54) is 5.56 Å². The van der Waals surface area contributed by atoms with Gasteiger partial charge in [0, 0.05) is 50.0 Å². The molecule has 0 saturated carbocycles. The van der Waals surface area contributed by atoms with Gasteiger partial charge in [-0.05, 0) is 31.9 Å². The Hall–Kier alpha value is -2.63. The molecule has 0 atom stereocenters. The average molecular weight is 367 g/mol. The van der Waals surface area contributed by atoms with Crippen LogP contribution in [0.4, 0.5) is 17.5 Å². The first-order chi connectivity index (χ1) is 12.9. The fourth-order valence-electron chi connectivity index (χ4n) is 3.20. The third-order valence-corrected chi connectivity index (χ3v) is 4.69. The van der Waals surface area contributed by atoms with Gasteiger partial charge >= 0.3 is 0 Å². The van der Waals surface area contributed by atoms with E-state index >= 15 is 0 Å². The van der Waals surface area contributed by atoms with Gasteiger partial charge in [-0.25, -0.2) is 4.98 Å². The van der Waals surface area contributed by atoms with Gasteiger partial charge in [0.2, 0.25) is 11.9 Å². The van der Waals surface area contributed by atoms with Crippen LogP contribution in [0.25, 0.3) is 0 Å². The van der Waals surface area contributed by atoms with Crippen LogP contribution in [-0.4, -0.2) is 47.0 Å². The zero-order valence-corrected chi connectivity index (χ0v) is 16.7. The molecule has 1 aliphatic rings. The fraction of sp³-hybridized carbons (Fsp3) is 0.476. The van der Waals surface area contributed by atoms with Crippen LogP contribution >= 0.6 is 0 Å². The molecule has 0 bridgehead atoms. The Morgan fingerprint density at radius 2 is 1.74 bits per heavy atom. The maximum absolute atomic E-state index is 12.3. The zero-order chi connectivity index (χ0) is 19.4. The summed E-state index contributed by atoms with van der Waals surface area (Å²) in [6.07, 6.45) is 0.622. The molecule has 1 aliphatic heterocycles. The number of carbonyl (C=O) groups is 1. The molecule has 1 aromatic heterocycles. The second-order valence-corrected chi connectivity index (χ2v) is 7.65. The molecule has 27 heavy (non-hydrogen) atoms. The van der Waals surface area contributed by atoms with E-state index in [0.29, 0.717) is 18.3 Å². The number of piperazine rings is 1. The summed E-state index contributed by atoms with van der Waals surface area (Å²) in [6.45, 7) is 11.3. The molecule has 0 unspecified atom stereocenters. The lowest BCUT2D eigenvalue weighted by Crippen LogP contribution is -2.49. The maximum Gasteiger partial charge on any atom is 0.229 e. The molecule has 1 N–H and O–H groups in total. The highest BCUT2D eigenvalue weighted by Crippen LogP contribution is 2.20. The monoisotopic (exact) mass is 367 g/mol. The van der Waals surface area contributed by atoms with E-state index in [9.17, 15) is 4.79 Å². The first-order valence-corrected chi connectivity index (χ1v) is 9.63. The molecule has 144 valence electrons. The predicted octanol–water partition coefficient (Wildman–Crippen LogP) is 3.53. The maximum atomic E-state index is 12.3. The van der Waals surface area contributed by atoms with E-state index in [1.807, 2.05) is 30.0 Å². The highest BCUT2D eigenvalue weighted by atomic mass is 16.2. The molecule has 6 heteroatoms. The van der Waals surface area contributed by atoms with Gasteiger partial charge in [0.15, 0.2) is 0 Å². The number of hydrogen-bond donors (Lipinski definition) is 1. The zero-order valence-electron chi connectivity index (χ0n) is 16.7. The van der Waals surface area contributed by atoms with Crippen molar-refractivity contribution in [3.63, 3.8) is 0 Å². The summed E-state index contributed by atoms with van der Waals surface area (Å²) in [6, 6.07) is 10.2. The van der Waals surface area contributed by atoms with E-state index < -0.39 is 0 Å². The lowest BCUT2D eigenvalue weighted by atomic mass is 10.1. The highest BCUT2D eigenvalue weighted by Gasteiger charge is 2.22. The summed E-state index contributed by atoms with van der Waals surface area (Å²) >= 11 is 0. The number of anilines is 3. The normalized spacial score (nSPS) is 14.6. The minimum Gasteiger partial charge on any atom is -0.353 e. The molecule has 6 nitrogen and oxygen atoms in total. The second kappa shape index (κ2) is 8.37. The first-order valence-electron chi connectivity index (χ1n) is 9.63. The number of carbonyl (C=O) groups excluding carboxylic acids is 1. The van der Waals surface area contributed by atoms with Gasteiger partial charge in [-0.3, -0.25) is 4.79 Å². The lowest BCUT2D eigenvalue weighted by molar-refractivity contribution is -0.132. The Kier molecular flexibility index (Phi) is 5.94. The Bertz CT molecular complexity index is 780. The van der Waals surface area contributed by atoms with Crippen LogP contribution in [0.1, 0.15) is 31.5 Å². The van der Waals surface area contributed by atoms with Gasteiger partial charge in [-0.2, -0.15) is 4.98 Å². The van der Waals surface area contributed by atoms with E-state index in [2.05, 4.69) is 48.1 Å². The molecule has 0 radical (unpaired) electrons. The van der Waals surface area contributed by atoms with Crippen LogP contribution in [0.5, 0.6) is 0 Å². The van der Waals surface area contributed by atoms with Crippen LogP contribution in [0.2, 0.25) is 0 Å². The minimum absolute atomic E-state index is 0.255. The van der Waals surface area contributed by atoms with Crippen LogP contribution in [-0.2, 0) is 4.79 Å². The fourth-order valence-corrected chi connectivity index (χ4v) is 3.20. The summed E-state index contributed by atoms with van der Waals surface area (Å²) in [5.74, 6) is 2.17. The van der Waals surface area contributed by atoms with Gasteiger partial charge in [-0.15, -0.1) is 0 Å². The highest BCUT2D eigenvalue weighted by molar-refractivity contribution is 5.76. The van der Waals surface area contributed by atoms with Crippen molar-refractivity contribution in [2.45, 2.75) is 34.1 Å². The van der Waals surface area contributed by atoms with Crippen molar-refractivity contribution in [1.29, 1.82) is 0 Å². The predicted molar refractivity (Wildman–Crippen MR) is 109 cm³/mol. The summed E-state index contributed by atoms with van der Waals surface area (Å²) < 4.78 is 0. The van der Waals surface area contributed by atoms with Gasteiger partial charge in [0.1, 0.15) is 5.82 Å². The summed E-state index contributed by atoms with van der Waals surface area (Å²) in [7, 11) is 0. The number of hydrogen-bond acceptors (Lipinski definition) is 5. The molecule has 1 amide bonds. The van der Waals surface area contributed by atoms with Crippen LogP contribution in [0.3, 0.4) is 0 Å². The van der Waals surface area contributed by atoms with Crippen molar-refractivity contribution < 1.29 is 4.79 Å². The minimum atomic E-state index is 0.255. The van der Waals surface area contributed by atoms with Crippen molar-refractivity contribution in [3.05, 3.63) is 41.6 Å². The molecular formula is C21H29N5O. The van der Waals surface area contributed by atoms with E-state index in [0.717, 1.165) is 43.4 Å². The standard InChI is InChI=1S/C21H29N5O/c1-15(2)13-20(27)26-11-9-25(10-12-26)19-14-17(4)22-21(24-19)23-18-7-5-16(3)6-8-18/h5-8,14-15H,9-13H2,1-4H3,(H,22,23,24). The van der Waals surface area contributed by atoms with Gasteiger partial charge in [0.05, 0.1) is 0 Å². The number of nitrogens with zero attached hydrogens (tertiary/aromatic N) is 4. The molecule has 3 rings (SSSR count). The Labute approximate surface area is 161 Å². The third kappa shape index (κ3) is 5.18. The largest absolute Gasteiger partial charge is 0.353 e. The van der Waals surface area contributed by atoms with Crippen molar-refractivity contribution in [2.24, 2.45) is 5.92 Å². The molecule has 1 fully saturated rings. The molecule has 2 heterocycles. The topological polar surface area (TPSA) is 61.4 Å². The third-order valence-electron chi connectivity index (χ3n) is 4.69. The molecule has 0 aliphatic carbocycles. The number of benzene rings is 1. The van der Waals surface area contributed by atoms with Gasteiger partial charge in [0.25, 0.3) is 0 Å². The summed E-state index contributed by atoms with van der Waals surface area (Å²) in [5.41, 5.74) is 3.12. The van der Waals surface area contributed by atoms with E-state index in [-0.39, 0.29) is 5.91 Å². The average Bonchev–Trinajstić information content (AvgIpc) is 2.63. The van der Waals surface area contributed by atoms with Crippen LogP contribution in [0.15, 0.2) is 30.3 Å². The van der Waals surface area contributed by atoms with Gasteiger partial charge in [-0.1, -0.05) is 31.5 Å². The van der Waals surface area contributed by atoms with E-state index in [4.69, 9.17) is 4.98 Å². The van der Waals surface area contributed by atoms with Crippen molar-refractivity contribution in [3.8, 4) is 0 Å². The van der Waals surface area contributed by atoms with Gasteiger partial charge < -0.3 is 15.1 Å². The number of nitrogens with one attached hydrogen (secondary N) is 1. The number of rotatable bonds is 5. The Morgan fingerprint density at radius 3 is 2.37 bits per heavy atom. The molecule has 1 saturated heterocycles. The quantitative estimate of drug-likeness (QED) is 0.876. The Morgan fingerprint density at radius 1 is 1.07 bits per heavy atom. The number of aromatic nitrogens is 2. The first kappa shape index (κ1) is 19.1. The van der Waals surface area contributed by atoms with Crippen molar-refractivity contribution in [1.82, 2.24) is 14.9 Å². The summed E-state index contributed by atoms with van der Waals surface area (Å²) in [4.78, 5) is 25.7. The van der Waals surface area contributed by atoms with Crippen molar-refractivity contribution in [2.75, 3.05) is 36.4 Å². The molecule has 2 aromatic rings. The lowest BCUT2D eigenvalue weighted by Gasteiger charge is -2.36.